The van der Waals surface area contributed by atoms with Gasteiger partial charge in [0, 0.05) is 17.6 Å². The molecule has 0 aliphatic rings. The first-order valence-corrected chi connectivity index (χ1v) is 4.92. The van der Waals surface area contributed by atoms with E-state index in [4.69, 9.17) is 11.6 Å². The van der Waals surface area contributed by atoms with Crippen molar-refractivity contribution in [2.45, 2.75) is 26.4 Å². The maximum atomic E-state index is 5.80. The number of benzene rings is 1. The van der Waals surface area contributed by atoms with E-state index in [2.05, 4.69) is 37.9 Å². The quantitative estimate of drug-likeness (QED) is 0.720. The zero-order chi connectivity index (χ0) is 9.84. The van der Waals surface area contributed by atoms with Crippen LogP contribution < -0.4 is 0 Å². The molecular formula is C11H16ClN. The Balaban J connectivity index is 2.59. The second-order valence-corrected chi connectivity index (χ2v) is 4.07. The summed E-state index contributed by atoms with van der Waals surface area (Å²) in [5.74, 6) is 0. The van der Waals surface area contributed by atoms with E-state index in [9.17, 15) is 0 Å². The van der Waals surface area contributed by atoms with E-state index in [0.717, 1.165) is 11.6 Å². The van der Waals surface area contributed by atoms with Gasteiger partial charge in [0.15, 0.2) is 0 Å². The Labute approximate surface area is 85.3 Å². The summed E-state index contributed by atoms with van der Waals surface area (Å²) in [6.07, 6.45) is 0. The number of hydrogen-bond acceptors (Lipinski definition) is 1. The Kier molecular flexibility index (Phi) is 3.76. The minimum absolute atomic E-state index is 0.579. The normalized spacial score (nSPS) is 11.2. The standard InChI is InChI=1S/C11H16ClN/c1-9(2)13(3)8-10-4-6-11(12)7-5-10/h4-7,9H,8H2,1-3H3. The van der Waals surface area contributed by atoms with E-state index in [1.54, 1.807) is 0 Å². The van der Waals surface area contributed by atoms with Crippen molar-refractivity contribution in [1.29, 1.82) is 0 Å². The molecule has 2 heteroatoms. The van der Waals surface area contributed by atoms with Gasteiger partial charge >= 0.3 is 0 Å². The van der Waals surface area contributed by atoms with Gasteiger partial charge in [-0.1, -0.05) is 23.7 Å². The van der Waals surface area contributed by atoms with Gasteiger partial charge in [0.25, 0.3) is 0 Å². The fraction of sp³-hybridized carbons (Fsp3) is 0.455. The molecule has 0 N–H and O–H groups in total. The lowest BCUT2D eigenvalue weighted by Gasteiger charge is -2.20. The maximum Gasteiger partial charge on any atom is 0.0406 e. The van der Waals surface area contributed by atoms with E-state index < -0.39 is 0 Å². The number of rotatable bonds is 3. The van der Waals surface area contributed by atoms with Gasteiger partial charge in [-0.2, -0.15) is 0 Å². The van der Waals surface area contributed by atoms with Gasteiger partial charge in [-0.25, -0.2) is 0 Å². The van der Waals surface area contributed by atoms with E-state index in [0.29, 0.717) is 6.04 Å². The molecule has 0 aliphatic carbocycles. The third-order valence-electron chi connectivity index (χ3n) is 2.23. The number of halogens is 1. The molecule has 1 nitrogen and oxygen atoms in total. The van der Waals surface area contributed by atoms with Crippen LogP contribution in [-0.2, 0) is 6.54 Å². The molecule has 0 unspecified atom stereocenters. The summed E-state index contributed by atoms with van der Waals surface area (Å²) in [4.78, 5) is 2.29. The summed E-state index contributed by atoms with van der Waals surface area (Å²) in [6.45, 7) is 5.36. The fourth-order valence-electron chi connectivity index (χ4n) is 1.06. The highest BCUT2D eigenvalue weighted by Gasteiger charge is 2.03. The first kappa shape index (κ1) is 10.6. The van der Waals surface area contributed by atoms with Crippen LogP contribution in [0.15, 0.2) is 24.3 Å². The van der Waals surface area contributed by atoms with Crippen LogP contribution in [-0.4, -0.2) is 18.0 Å². The molecule has 0 saturated carbocycles. The lowest BCUT2D eigenvalue weighted by molar-refractivity contribution is 0.266. The lowest BCUT2D eigenvalue weighted by Crippen LogP contribution is -2.25. The average Bonchev–Trinajstić information content (AvgIpc) is 2.08. The maximum absolute atomic E-state index is 5.80. The van der Waals surface area contributed by atoms with Crippen molar-refractivity contribution < 1.29 is 0 Å². The first-order chi connectivity index (χ1) is 6.09. The summed E-state index contributed by atoms with van der Waals surface area (Å²) < 4.78 is 0. The van der Waals surface area contributed by atoms with Crippen LogP contribution in [0.2, 0.25) is 5.02 Å². The summed E-state index contributed by atoms with van der Waals surface area (Å²) in [5, 5.41) is 0.802. The van der Waals surface area contributed by atoms with Crippen molar-refractivity contribution in [2.24, 2.45) is 0 Å². The molecule has 0 fully saturated rings. The monoisotopic (exact) mass is 197 g/mol. The number of nitrogens with zero attached hydrogens (tertiary/aromatic N) is 1. The van der Waals surface area contributed by atoms with Gasteiger partial charge in [-0.05, 0) is 38.6 Å². The van der Waals surface area contributed by atoms with Crippen molar-refractivity contribution in [3.8, 4) is 0 Å². The van der Waals surface area contributed by atoms with Crippen molar-refractivity contribution in [3.63, 3.8) is 0 Å². The molecular weight excluding hydrogens is 182 g/mol. The van der Waals surface area contributed by atoms with Crippen LogP contribution in [0.3, 0.4) is 0 Å². The molecule has 0 heterocycles. The topological polar surface area (TPSA) is 3.24 Å². The highest BCUT2D eigenvalue weighted by molar-refractivity contribution is 6.30. The molecule has 0 atom stereocenters. The Morgan fingerprint density at radius 2 is 1.77 bits per heavy atom. The fourth-order valence-corrected chi connectivity index (χ4v) is 1.19. The van der Waals surface area contributed by atoms with Crippen LogP contribution in [0.1, 0.15) is 19.4 Å². The third-order valence-corrected chi connectivity index (χ3v) is 2.48. The largest absolute Gasteiger partial charge is 0.300 e. The van der Waals surface area contributed by atoms with Crippen molar-refractivity contribution >= 4 is 11.6 Å². The van der Waals surface area contributed by atoms with E-state index in [1.807, 2.05) is 12.1 Å². The van der Waals surface area contributed by atoms with Gasteiger partial charge in [0.1, 0.15) is 0 Å². The number of hydrogen-bond donors (Lipinski definition) is 0. The highest BCUT2D eigenvalue weighted by Crippen LogP contribution is 2.11. The summed E-state index contributed by atoms with van der Waals surface area (Å²) in [7, 11) is 2.12. The van der Waals surface area contributed by atoms with Crippen molar-refractivity contribution in [2.75, 3.05) is 7.05 Å². The molecule has 13 heavy (non-hydrogen) atoms. The Morgan fingerprint density at radius 3 is 2.23 bits per heavy atom. The Morgan fingerprint density at radius 1 is 1.23 bits per heavy atom. The van der Waals surface area contributed by atoms with Crippen LogP contribution in [0.25, 0.3) is 0 Å². The molecule has 1 aromatic carbocycles. The van der Waals surface area contributed by atoms with Gasteiger partial charge in [0.2, 0.25) is 0 Å². The van der Waals surface area contributed by atoms with Crippen molar-refractivity contribution in [1.82, 2.24) is 4.90 Å². The van der Waals surface area contributed by atoms with Gasteiger partial charge < -0.3 is 0 Å². The highest BCUT2D eigenvalue weighted by atomic mass is 35.5. The zero-order valence-electron chi connectivity index (χ0n) is 8.42. The molecule has 0 aromatic heterocycles. The molecule has 1 rings (SSSR count). The van der Waals surface area contributed by atoms with E-state index in [-0.39, 0.29) is 0 Å². The van der Waals surface area contributed by atoms with Gasteiger partial charge in [0.05, 0.1) is 0 Å². The zero-order valence-corrected chi connectivity index (χ0v) is 9.17. The van der Waals surface area contributed by atoms with Gasteiger partial charge in [-0.15, -0.1) is 0 Å². The predicted octanol–water partition coefficient (Wildman–Crippen LogP) is 3.18. The molecule has 0 bridgehead atoms. The average molecular weight is 198 g/mol. The summed E-state index contributed by atoms with van der Waals surface area (Å²) in [5.41, 5.74) is 1.31. The summed E-state index contributed by atoms with van der Waals surface area (Å²) >= 11 is 5.80. The Bertz CT molecular complexity index is 253. The SMILES string of the molecule is CC(C)N(C)Cc1ccc(Cl)cc1. The van der Waals surface area contributed by atoms with Crippen LogP contribution in [0.5, 0.6) is 0 Å². The van der Waals surface area contributed by atoms with Gasteiger partial charge in [-0.3, -0.25) is 4.90 Å². The molecule has 0 radical (unpaired) electrons. The molecule has 72 valence electrons. The van der Waals surface area contributed by atoms with Crippen LogP contribution in [0, 0.1) is 0 Å². The smallest absolute Gasteiger partial charge is 0.0406 e. The molecule has 1 aromatic rings. The van der Waals surface area contributed by atoms with E-state index in [1.165, 1.54) is 5.56 Å². The summed E-state index contributed by atoms with van der Waals surface area (Å²) in [6, 6.07) is 8.59. The molecule has 0 saturated heterocycles. The predicted molar refractivity (Wildman–Crippen MR) is 58.1 cm³/mol. The molecule has 0 aliphatic heterocycles. The van der Waals surface area contributed by atoms with Crippen molar-refractivity contribution in [3.05, 3.63) is 34.9 Å². The lowest BCUT2D eigenvalue weighted by atomic mass is 10.2. The molecule has 0 amide bonds. The minimum atomic E-state index is 0.579. The first-order valence-electron chi connectivity index (χ1n) is 4.54. The molecule has 0 spiro atoms. The Hall–Kier alpha value is -0.530. The minimum Gasteiger partial charge on any atom is -0.300 e. The van der Waals surface area contributed by atoms with E-state index >= 15 is 0 Å². The van der Waals surface area contributed by atoms with Crippen LogP contribution in [0.4, 0.5) is 0 Å². The second kappa shape index (κ2) is 4.64. The third kappa shape index (κ3) is 3.37. The van der Waals surface area contributed by atoms with Crippen LogP contribution >= 0.6 is 11.6 Å². The second-order valence-electron chi connectivity index (χ2n) is 3.64.